The fourth-order valence-corrected chi connectivity index (χ4v) is 0.864. The molecule has 0 heterocycles. The molecule has 16 heavy (non-hydrogen) atoms. The van der Waals surface area contributed by atoms with Gasteiger partial charge in [-0.05, 0) is 5.56 Å². The molecule has 0 fully saturated rings. The maximum atomic E-state index is 10.3. The molecule has 0 amide bonds. The predicted molar refractivity (Wildman–Crippen MR) is 60.5 cm³/mol. The molecule has 0 aliphatic heterocycles. The summed E-state index contributed by atoms with van der Waals surface area (Å²) in [7, 11) is 0. The minimum Gasteiger partial charge on any atom is -0.369 e. The Hall–Kier alpha value is -2.21. The molecule has 0 saturated carbocycles. The van der Waals surface area contributed by atoms with Crippen LogP contribution >= 0.6 is 0 Å². The summed E-state index contributed by atoms with van der Waals surface area (Å²) in [6, 6.07) is 8.96. The van der Waals surface area contributed by atoms with Crippen molar-refractivity contribution >= 4 is 18.5 Å². The SMILES string of the molecule is N=C(N)NN.O=CC(C=O)c1ccccc1. The van der Waals surface area contributed by atoms with Crippen LogP contribution in [0.25, 0.3) is 0 Å². The maximum absolute atomic E-state index is 10.3. The Bertz CT molecular complexity index is 332. The van der Waals surface area contributed by atoms with Crippen LogP contribution in [0.15, 0.2) is 30.3 Å². The zero-order valence-electron chi connectivity index (χ0n) is 8.59. The molecule has 86 valence electrons. The van der Waals surface area contributed by atoms with Crippen LogP contribution in [-0.4, -0.2) is 18.5 Å². The molecule has 0 spiro atoms. The van der Waals surface area contributed by atoms with Gasteiger partial charge in [-0.1, -0.05) is 30.3 Å². The third kappa shape index (κ3) is 5.51. The van der Waals surface area contributed by atoms with E-state index in [2.05, 4.69) is 11.6 Å². The number of hydrazine groups is 1. The van der Waals surface area contributed by atoms with Crippen molar-refractivity contribution in [2.75, 3.05) is 0 Å². The third-order valence-electron chi connectivity index (χ3n) is 1.63. The van der Waals surface area contributed by atoms with Crippen LogP contribution in [0.5, 0.6) is 0 Å². The Labute approximate surface area is 93.1 Å². The fraction of sp³-hybridized carbons (Fsp3) is 0.100. The number of guanidine groups is 1. The quantitative estimate of drug-likeness (QED) is 0.137. The first-order valence-corrected chi connectivity index (χ1v) is 4.41. The van der Waals surface area contributed by atoms with Gasteiger partial charge in [0.05, 0.1) is 5.92 Å². The van der Waals surface area contributed by atoms with E-state index in [9.17, 15) is 9.59 Å². The van der Waals surface area contributed by atoms with Crippen LogP contribution in [-0.2, 0) is 9.59 Å². The molecule has 0 unspecified atom stereocenters. The summed E-state index contributed by atoms with van der Waals surface area (Å²) in [5, 5.41) is 6.28. The van der Waals surface area contributed by atoms with Crippen molar-refractivity contribution in [1.29, 1.82) is 5.41 Å². The summed E-state index contributed by atoms with van der Waals surface area (Å²) >= 11 is 0. The van der Waals surface area contributed by atoms with E-state index in [1.54, 1.807) is 24.3 Å². The Balaban J connectivity index is 0.000000385. The van der Waals surface area contributed by atoms with Gasteiger partial charge in [0.15, 0.2) is 5.96 Å². The lowest BCUT2D eigenvalue weighted by molar-refractivity contribution is -0.116. The van der Waals surface area contributed by atoms with Crippen LogP contribution in [0.4, 0.5) is 0 Å². The summed E-state index contributed by atoms with van der Waals surface area (Å²) in [4.78, 5) is 20.6. The van der Waals surface area contributed by atoms with Gasteiger partial charge in [-0.3, -0.25) is 10.8 Å². The second-order valence-electron chi connectivity index (χ2n) is 2.77. The maximum Gasteiger partial charge on any atom is 0.200 e. The lowest BCUT2D eigenvalue weighted by atomic mass is 10.0. The molecule has 6 heteroatoms. The molecule has 1 aromatic carbocycles. The van der Waals surface area contributed by atoms with Crippen LogP contribution in [0.2, 0.25) is 0 Å². The van der Waals surface area contributed by atoms with Crippen molar-refractivity contribution < 1.29 is 9.59 Å². The van der Waals surface area contributed by atoms with Crippen LogP contribution in [0.3, 0.4) is 0 Å². The molecule has 6 N–H and O–H groups in total. The molecule has 6 nitrogen and oxygen atoms in total. The van der Waals surface area contributed by atoms with E-state index >= 15 is 0 Å². The molecule has 0 saturated heterocycles. The van der Waals surface area contributed by atoms with E-state index in [-0.39, 0.29) is 5.96 Å². The van der Waals surface area contributed by atoms with Crippen molar-refractivity contribution in [3.63, 3.8) is 0 Å². The normalized spacial score (nSPS) is 8.62. The number of hydrogen-bond donors (Lipinski definition) is 4. The van der Waals surface area contributed by atoms with Gasteiger partial charge in [-0.2, -0.15) is 0 Å². The van der Waals surface area contributed by atoms with Crippen LogP contribution < -0.4 is 17.0 Å². The molecule has 0 aliphatic carbocycles. The third-order valence-corrected chi connectivity index (χ3v) is 1.63. The summed E-state index contributed by atoms with van der Waals surface area (Å²) < 4.78 is 0. The van der Waals surface area contributed by atoms with E-state index < -0.39 is 5.92 Å². The minimum atomic E-state index is -0.601. The average molecular weight is 222 g/mol. The van der Waals surface area contributed by atoms with Gasteiger partial charge in [0.2, 0.25) is 0 Å². The van der Waals surface area contributed by atoms with Gasteiger partial charge >= 0.3 is 0 Å². The first-order chi connectivity index (χ1) is 7.65. The Morgan fingerprint density at radius 3 is 2.00 bits per heavy atom. The van der Waals surface area contributed by atoms with Crippen molar-refractivity contribution in [2.24, 2.45) is 11.6 Å². The highest BCUT2D eigenvalue weighted by molar-refractivity contribution is 5.84. The summed E-state index contributed by atoms with van der Waals surface area (Å²) in [6.07, 6.45) is 1.28. The van der Waals surface area contributed by atoms with Gasteiger partial charge in [-0.15, -0.1) is 0 Å². The topological polar surface area (TPSA) is 122 Å². The number of benzene rings is 1. The molecule has 0 aromatic heterocycles. The molecule has 0 aliphatic rings. The van der Waals surface area contributed by atoms with Crippen LogP contribution in [0.1, 0.15) is 11.5 Å². The highest BCUT2D eigenvalue weighted by Gasteiger charge is 2.06. The van der Waals surface area contributed by atoms with Gasteiger partial charge < -0.3 is 15.3 Å². The molecular weight excluding hydrogens is 208 g/mol. The number of nitrogens with two attached hydrogens (primary N) is 2. The molecule has 0 radical (unpaired) electrons. The average Bonchev–Trinajstić information content (AvgIpc) is 2.33. The van der Waals surface area contributed by atoms with Gasteiger partial charge in [0, 0.05) is 0 Å². The highest BCUT2D eigenvalue weighted by Crippen LogP contribution is 2.09. The molecule has 0 atom stereocenters. The first kappa shape index (κ1) is 13.8. The Kier molecular flexibility index (Phi) is 7.00. The zero-order chi connectivity index (χ0) is 12.4. The number of rotatable bonds is 3. The Morgan fingerprint density at radius 1 is 1.25 bits per heavy atom. The smallest absolute Gasteiger partial charge is 0.200 e. The highest BCUT2D eigenvalue weighted by atomic mass is 16.1. The van der Waals surface area contributed by atoms with Crippen molar-refractivity contribution in [2.45, 2.75) is 5.92 Å². The summed E-state index contributed by atoms with van der Waals surface area (Å²) in [5.41, 5.74) is 7.28. The molecule has 1 aromatic rings. The van der Waals surface area contributed by atoms with Gasteiger partial charge in [0.1, 0.15) is 12.6 Å². The number of hydrogen-bond acceptors (Lipinski definition) is 4. The standard InChI is InChI=1S/C9H8O2.CH6N4/c10-6-9(7-11)8-4-2-1-3-5-8;2-1(3)5-4/h1-7,9H;4H2,(H4,2,3,5). The lowest BCUT2D eigenvalue weighted by Gasteiger charge is -1.99. The van der Waals surface area contributed by atoms with E-state index in [0.717, 1.165) is 5.56 Å². The number of aldehydes is 2. The second-order valence-corrected chi connectivity index (χ2v) is 2.77. The Morgan fingerprint density at radius 2 is 1.69 bits per heavy atom. The van der Waals surface area contributed by atoms with Gasteiger partial charge in [-0.25, -0.2) is 5.84 Å². The minimum absolute atomic E-state index is 0.218. The summed E-state index contributed by atoms with van der Waals surface area (Å²) in [6.45, 7) is 0. The monoisotopic (exact) mass is 222 g/mol. The molecule has 0 bridgehead atoms. The number of carbonyl (C=O) groups excluding carboxylic acids is 2. The van der Waals surface area contributed by atoms with Gasteiger partial charge in [0.25, 0.3) is 0 Å². The van der Waals surface area contributed by atoms with Crippen molar-refractivity contribution in [3.8, 4) is 0 Å². The fourth-order valence-electron chi connectivity index (χ4n) is 0.864. The summed E-state index contributed by atoms with van der Waals surface area (Å²) in [5.74, 6) is 3.75. The first-order valence-electron chi connectivity index (χ1n) is 4.41. The van der Waals surface area contributed by atoms with Crippen molar-refractivity contribution in [3.05, 3.63) is 35.9 Å². The van der Waals surface area contributed by atoms with Crippen molar-refractivity contribution in [1.82, 2.24) is 5.43 Å². The number of carbonyl (C=O) groups is 2. The largest absolute Gasteiger partial charge is 0.369 e. The second kappa shape index (κ2) is 8.13. The van der Waals surface area contributed by atoms with E-state index in [0.29, 0.717) is 12.6 Å². The lowest BCUT2D eigenvalue weighted by Crippen LogP contribution is -2.35. The van der Waals surface area contributed by atoms with E-state index in [1.807, 2.05) is 11.5 Å². The van der Waals surface area contributed by atoms with E-state index in [1.165, 1.54) is 0 Å². The number of nitrogens with one attached hydrogen (secondary N) is 2. The zero-order valence-corrected chi connectivity index (χ0v) is 8.59. The molecule has 1 rings (SSSR count). The predicted octanol–water partition coefficient (Wildman–Crippen LogP) is -0.489. The van der Waals surface area contributed by atoms with E-state index in [4.69, 9.17) is 5.41 Å². The van der Waals surface area contributed by atoms with Crippen LogP contribution in [0, 0.1) is 5.41 Å². The molecular formula is C10H14N4O2.